The molecule has 0 aromatic carbocycles. The minimum absolute atomic E-state index is 0.108. The molecule has 2 heterocycles. The average Bonchev–Trinajstić information content (AvgIpc) is 2.26. The first-order valence-corrected chi connectivity index (χ1v) is 7.40. The number of piperidine rings is 2. The van der Waals surface area contributed by atoms with Crippen molar-refractivity contribution in [3.63, 3.8) is 0 Å². The summed E-state index contributed by atoms with van der Waals surface area (Å²) in [5.41, 5.74) is 0. The zero-order valence-electron chi connectivity index (χ0n) is 9.68. The smallest absolute Gasteiger partial charge is 0.216 e. The molecule has 0 amide bonds. The van der Waals surface area contributed by atoms with Crippen molar-refractivity contribution in [3.8, 4) is 0 Å². The lowest BCUT2D eigenvalue weighted by molar-refractivity contribution is 0.156. The van der Waals surface area contributed by atoms with Crippen LogP contribution in [0.2, 0.25) is 0 Å². The molecule has 2 aliphatic rings. The predicted molar refractivity (Wildman–Crippen MR) is 61.7 cm³/mol. The maximum absolute atomic E-state index is 12.0. The number of nitrogens with zero attached hydrogens (tertiary/aromatic N) is 1. The zero-order valence-corrected chi connectivity index (χ0v) is 10.5. The van der Waals surface area contributed by atoms with Gasteiger partial charge in [0, 0.05) is 20.2 Å². The third-order valence-corrected chi connectivity index (χ3v) is 5.16. The van der Waals surface area contributed by atoms with Crippen LogP contribution in [0.25, 0.3) is 0 Å². The van der Waals surface area contributed by atoms with Crippen LogP contribution < -0.4 is 5.32 Å². The topological polar surface area (TPSA) is 58.6 Å². The van der Waals surface area contributed by atoms with E-state index in [0.717, 1.165) is 13.1 Å². The summed E-state index contributed by atoms with van der Waals surface area (Å²) >= 11 is 0. The van der Waals surface area contributed by atoms with Crippen LogP contribution in [-0.2, 0) is 14.8 Å². The molecule has 2 rings (SSSR count). The highest BCUT2D eigenvalue weighted by molar-refractivity contribution is 7.89. The lowest BCUT2D eigenvalue weighted by Crippen LogP contribution is -2.53. The monoisotopic (exact) mass is 248 g/mol. The third kappa shape index (κ3) is 2.74. The summed E-state index contributed by atoms with van der Waals surface area (Å²) in [5, 5.41) is 3.36. The second kappa shape index (κ2) is 5.00. The first kappa shape index (κ1) is 12.3. The van der Waals surface area contributed by atoms with E-state index >= 15 is 0 Å². The van der Waals surface area contributed by atoms with Crippen LogP contribution in [0.15, 0.2) is 0 Å². The Morgan fingerprint density at radius 1 is 1.31 bits per heavy atom. The molecule has 2 fully saturated rings. The molecule has 0 radical (unpaired) electrons. The Kier molecular flexibility index (Phi) is 3.84. The molecule has 5 nitrogen and oxygen atoms in total. The predicted octanol–water partition coefficient (Wildman–Crippen LogP) is -0.496. The molecule has 94 valence electrons. The van der Waals surface area contributed by atoms with Crippen molar-refractivity contribution in [2.24, 2.45) is 11.8 Å². The van der Waals surface area contributed by atoms with Gasteiger partial charge in [-0.25, -0.2) is 12.7 Å². The molecule has 16 heavy (non-hydrogen) atoms. The second-order valence-electron chi connectivity index (χ2n) is 4.75. The van der Waals surface area contributed by atoms with Gasteiger partial charge in [0.2, 0.25) is 10.0 Å². The van der Waals surface area contributed by atoms with Gasteiger partial charge in [-0.2, -0.15) is 0 Å². The number of methoxy groups -OCH3 is 1. The van der Waals surface area contributed by atoms with Gasteiger partial charge in [-0.1, -0.05) is 0 Å². The summed E-state index contributed by atoms with van der Waals surface area (Å²) in [6.45, 7) is 3.54. The summed E-state index contributed by atoms with van der Waals surface area (Å²) < 4.78 is 30.5. The fraction of sp³-hybridized carbons (Fsp3) is 1.00. The second-order valence-corrected chi connectivity index (χ2v) is 6.84. The highest BCUT2D eigenvalue weighted by atomic mass is 32.2. The Labute approximate surface area is 97.2 Å². The van der Waals surface area contributed by atoms with Gasteiger partial charge < -0.3 is 10.1 Å². The molecule has 2 unspecified atom stereocenters. The number of hydrogen-bond donors (Lipinski definition) is 1. The fourth-order valence-electron chi connectivity index (χ4n) is 2.60. The van der Waals surface area contributed by atoms with Crippen molar-refractivity contribution in [2.75, 3.05) is 45.6 Å². The largest absolute Gasteiger partial charge is 0.384 e. The van der Waals surface area contributed by atoms with Crippen molar-refractivity contribution in [3.05, 3.63) is 0 Å². The Morgan fingerprint density at radius 2 is 1.94 bits per heavy atom. The summed E-state index contributed by atoms with van der Waals surface area (Å²) in [7, 11) is -1.57. The van der Waals surface area contributed by atoms with Gasteiger partial charge in [-0.15, -0.1) is 0 Å². The van der Waals surface area contributed by atoms with Gasteiger partial charge in [0.15, 0.2) is 0 Å². The van der Waals surface area contributed by atoms with E-state index in [1.807, 2.05) is 0 Å². The Balaban J connectivity index is 1.99. The molecular weight excluding hydrogens is 228 g/mol. The Morgan fingerprint density at radius 3 is 2.50 bits per heavy atom. The molecule has 0 aliphatic carbocycles. The van der Waals surface area contributed by atoms with E-state index in [1.54, 1.807) is 4.31 Å². The van der Waals surface area contributed by atoms with Gasteiger partial charge in [-0.3, -0.25) is 0 Å². The Bertz CT molecular complexity index is 319. The van der Waals surface area contributed by atoms with Crippen LogP contribution in [-0.4, -0.2) is 58.4 Å². The highest BCUT2D eigenvalue weighted by Gasteiger charge is 2.35. The minimum Gasteiger partial charge on any atom is -0.384 e. The molecule has 0 spiro atoms. The van der Waals surface area contributed by atoms with E-state index in [1.165, 1.54) is 13.5 Å². The van der Waals surface area contributed by atoms with Crippen molar-refractivity contribution in [1.82, 2.24) is 9.62 Å². The average molecular weight is 248 g/mol. The molecular formula is C10H20N2O3S. The van der Waals surface area contributed by atoms with E-state index in [-0.39, 0.29) is 12.4 Å². The lowest BCUT2D eigenvalue weighted by Gasteiger charge is -2.40. The van der Waals surface area contributed by atoms with E-state index < -0.39 is 10.0 Å². The molecule has 0 aromatic rings. The maximum Gasteiger partial charge on any atom is 0.216 e. The molecule has 0 aromatic heterocycles. The van der Waals surface area contributed by atoms with E-state index in [2.05, 4.69) is 5.32 Å². The zero-order chi connectivity index (χ0) is 11.6. The Hall–Kier alpha value is -0.170. The van der Waals surface area contributed by atoms with Crippen LogP contribution in [0.1, 0.15) is 6.42 Å². The molecule has 2 bridgehead atoms. The van der Waals surface area contributed by atoms with Crippen LogP contribution >= 0.6 is 0 Å². The van der Waals surface area contributed by atoms with Gasteiger partial charge in [0.05, 0.1) is 12.4 Å². The van der Waals surface area contributed by atoms with Crippen LogP contribution in [0.4, 0.5) is 0 Å². The molecule has 2 atom stereocenters. The van der Waals surface area contributed by atoms with Gasteiger partial charge in [0.25, 0.3) is 0 Å². The maximum atomic E-state index is 12.0. The first-order chi connectivity index (χ1) is 7.62. The first-order valence-electron chi connectivity index (χ1n) is 5.79. The number of ether oxygens (including phenoxy) is 1. The molecule has 2 saturated heterocycles. The number of rotatable bonds is 4. The molecule has 0 saturated carbocycles. The number of nitrogens with one attached hydrogen (secondary N) is 1. The number of hydrogen-bond acceptors (Lipinski definition) is 4. The standard InChI is InChI=1S/C10H20N2O3S/c1-15-2-3-16(13,14)12-7-9-4-10(8-12)6-11-5-9/h9-11H,2-8H2,1H3. The summed E-state index contributed by atoms with van der Waals surface area (Å²) in [6, 6.07) is 0. The SMILES string of the molecule is COCCS(=O)(=O)N1CC2CNCC(C2)C1. The van der Waals surface area contributed by atoms with E-state index in [9.17, 15) is 8.42 Å². The number of fused-ring (bicyclic) bond motifs is 2. The lowest BCUT2D eigenvalue weighted by atomic mass is 9.87. The van der Waals surface area contributed by atoms with Crippen LogP contribution in [0.5, 0.6) is 0 Å². The van der Waals surface area contributed by atoms with E-state index in [4.69, 9.17) is 4.74 Å². The van der Waals surface area contributed by atoms with Crippen molar-refractivity contribution < 1.29 is 13.2 Å². The van der Waals surface area contributed by atoms with Gasteiger partial charge in [0.1, 0.15) is 0 Å². The van der Waals surface area contributed by atoms with Gasteiger partial charge >= 0.3 is 0 Å². The van der Waals surface area contributed by atoms with Crippen molar-refractivity contribution >= 4 is 10.0 Å². The quantitative estimate of drug-likeness (QED) is 0.729. The summed E-state index contributed by atoms with van der Waals surface area (Å²) in [4.78, 5) is 0. The summed E-state index contributed by atoms with van der Waals surface area (Å²) in [5.74, 6) is 1.09. The third-order valence-electron chi connectivity index (χ3n) is 3.40. The van der Waals surface area contributed by atoms with Crippen molar-refractivity contribution in [1.29, 1.82) is 0 Å². The molecule has 1 N–H and O–H groups in total. The number of sulfonamides is 1. The molecule has 6 heteroatoms. The van der Waals surface area contributed by atoms with Crippen molar-refractivity contribution in [2.45, 2.75) is 6.42 Å². The normalized spacial score (nSPS) is 31.6. The van der Waals surface area contributed by atoms with Gasteiger partial charge in [-0.05, 0) is 31.3 Å². The minimum atomic E-state index is -3.11. The highest BCUT2D eigenvalue weighted by Crippen LogP contribution is 2.26. The fourth-order valence-corrected chi connectivity index (χ4v) is 4.11. The molecule has 2 aliphatic heterocycles. The van der Waals surface area contributed by atoms with Crippen LogP contribution in [0, 0.1) is 11.8 Å². The summed E-state index contributed by atoms with van der Waals surface area (Å²) in [6.07, 6.45) is 1.17. The van der Waals surface area contributed by atoms with E-state index in [0.29, 0.717) is 24.9 Å². The van der Waals surface area contributed by atoms with Crippen LogP contribution in [0.3, 0.4) is 0 Å².